The average molecular weight is 310 g/mol. The molecule has 0 spiro atoms. The Kier molecular flexibility index (Phi) is 5.27. The van der Waals surface area contributed by atoms with Crippen LogP contribution in [0.3, 0.4) is 0 Å². The quantitative estimate of drug-likeness (QED) is 0.761. The van der Waals surface area contributed by atoms with Crippen LogP contribution in [-0.4, -0.2) is 15.0 Å². The Morgan fingerprint density at radius 2 is 1.95 bits per heavy atom. The predicted octanol–water partition coefficient (Wildman–Crippen LogP) is 2.86. The number of hydrogen-bond donors (Lipinski definition) is 2. The summed E-state index contributed by atoms with van der Waals surface area (Å²) in [6, 6.07) is 3.65. The molecule has 0 saturated heterocycles. The molecule has 2 rings (SSSR count). The highest BCUT2D eigenvalue weighted by atomic mass is 32.2. The van der Waals surface area contributed by atoms with Gasteiger partial charge in [0.25, 0.3) is 0 Å². The lowest BCUT2D eigenvalue weighted by Gasteiger charge is -2.25. The third kappa shape index (κ3) is 3.77. The molecule has 1 aromatic carbocycles. The van der Waals surface area contributed by atoms with E-state index in [1.807, 2.05) is 19.9 Å². The zero-order valence-corrected chi connectivity index (χ0v) is 13.8. The van der Waals surface area contributed by atoms with Crippen LogP contribution < -0.4 is 10.5 Å². The number of rotatable bonds is 7. The van der Waals surface area contributed by atoms with Gasteiger partial charge in [-0.1, -0.05) is 33.1 Å². The Labute approximate surface area is 128 Å². The van der Waals surface area contributed by atoms with E-state index in [4.69, 9.17) is 5.73 Å². The number of anilines is 1. The van der Waals surface area contributed by atoms with Gasteiger partial charge in [0.2, 0.25) is 10.0 Å². The molecule has 1 fully saturated rings. The van der Waals surface area contributed by atoms with Gasteiger partial charge in [0.1, 0.15) is 0 Å². The summed E-state index contributed by atoms with van der Waals surface area (Å²) in [5.41, 5.74) is 8.29. The standard InChI is InChI=1S/C16H26N2O2S/c1-3-12-10-15(17)14(4-2)16(11-12)21(19,20)18-9-8-13-6-5-7-13/h10-11,13,18H,3-9,17H2,1-2H3. The van der Waals surface area contributed by atoms with Gasteiger partial charge in [0, 0.05) is 12.2 Å². The van der Waals surface area contributed by atoms with Crippen molar-refractivity contribution >= 4 is 15.7 Å². The fourth-order valence-electron chi connectivity index (χ4n) is 2.81. The summed E-state index contributed by atoms with van der Waals surface area (Å²) in [5.74, 6) is 0.699. The number of hydrogen-bond acceptors (Lipinski definition) is 3. The molecule has 21 heavy (non-hydrogen) atoms. The van der Waals surface area contributed by atoms with Crippen LogP contribution in [0.15, 0.2) is 17.0 Å². The number of nitrogens with one attached hydrogen (secondary N) is 1. The van der Waals surface area contributed by atoms with E-state index in [-0.39, 0.29) is 0 Å². The first-order chi connectivity index (χ1) is 9.97. The minimum absolute atomic E-state index is 0.357. The molecular weight excluding hydrogens is 284 g/mol. The molecule has 1 saturated carbocycles. The van der Waals surface area contributed by atoms with Crippen LogP contribution in [0.1, 0.15) is 50.7 Å². The van der Waals surface area contributed by atoms with Crippen molar-refractivity contribution in [3.63, 3.8) is 0 Å². The highest BCUT2D eigenvalue weighted by molar-refractivity contribution is 7.89. The van der Waals surface area contributed by atoms with Gasteiger partial charge < -0.3 is 5.73 Å². The zero-order valence-electron chi connectivity index (χ0n) is 13.0. The largest absolute Gasteiger partial charge is 0.398 e. The summed E-state index contributed by atoms with van der Waals surface area (Å²) in [6.45, 7) is 4.46. The Balaban J connectivity index is 2.18. The first-order valence-corrected chi connectivity index (χ1v) is 9.37. The first kappa shape index (κ1) is 16.3. The van der Waals surface area contributed by atoms with Gasteiger partial charge in [-0.05, 0) is 48.4 Å². The van der Waals surface area contributed by atoms with Gasteiger partial charge in [-0.25, -0.2) is 13.1 Å². The molecule has 0 heterocycles. The maximum absolute atomic E-state index is 12.6. The molecule has 5 heteroatoms. The average Bonchev–Trinajstić information content (AvgIpc) is 2.40. The third-order valence-corrected chi connectivity index (χ3v) is 5.95. The van der Waals surface area contributed by atoms with E-state index < -0.39 is 10.0 Å². The monoisotopic (exact) mass is 310 g/mol. The van der Waals surface area contributed by atoms with Crippen LogP contribution in [0.4, 0.5) is 5.69 Å². The van der Waals surface area contributed by atoms with E-state index in [2.05, 4.69) is 4.72 Å². The molecule has 0 radical (unpaired) electrons. The number of nitrogen functional groups attached to an aromatic ring is 1. The second-order valence-electron chi connectivity index (χ2n) is 5.85. The molecular formula is C16H26N2O2S. The molecule has 0 bridgehead atoms. The first-order valence-electron chi connectivity index (χ1n) is 7.88. The van der Waals surface area contributed by atoms with Crippen LogP contribution in [-0.2, 0) is 22.9 Å². The van der Waals surface area contributed by atoms with Crippen molar-refractivity contribution in [1.82, 2.24) is 4.72 Å². The fraction of sp³-hybridized carbons (Fsp3) is 0.625. The Morgan fingerprint density at radius 1 is 1.24 bits per heavy atom. The zero-order chi connectivity index (χ0) is 15.5. The van der Waals surface area contributed by atoms with Gasteiger partial charge in [0.15, 0.2) is 0 Å². The predicted molar refractivity (Wildman–Crippen MR) is 86.8 cm³/mol. The van der Waals surface area contributed by atoms with Crippen molar-refractivity contribution in [1.29, 1.82) is 0 Å². The van der Waals surface area contributed by atoms with Gasteiger partial charge in [-0.15, -0.1) is 0 Å². The van der Waals surface area contributed by atoms with E-state index in [9.17, 15) is 8.42 Å². The van der Waals surface area contributed by atoms with Crippen molar-refractivity contribution in [2.45, 2.75) is 57.3 Å². The van der Waals surface area contributed by atoms with Crippen molar-refractivity contribution in [3.8, 4) is 0 Å². The second-order valence-corrected chi connectivity index (χ2v) is 7.59. The third-order valence-electron chi connectivity index (χ3n) is 4.42. The molecule has 0 aromatic heterocycles. The molecule has 118 valence electrons. The van der Waals surface area contributed by atoms with Gasteiger partial charge in [-0.2, -0.15) is 0 Å². The topological polar surface area (TPSA) is 72.2 Å². The summed E-state index contributed by atoms with van der Waals surface area (Å²) >= 11 is 0. The second kappa shape index (κ2) is 6.79. The number of nitrogens with two attached hydrogens (primary N) is 1. The van der Waals surface area contributed by atoms with E-state index in [1.165, 1.54) is 19.3 Å². The van der Waals surface area contributed by atoms with E-state index >= 15 is 0 Å². The fourth-order valence-corrected chi connectivity index (χ4v) is 4.24. The van der Waals surface area contributed by atoms with Gasteiger partial charge >= 0.3 is 0 Å². The van der Waals surface area contributed by atoms with E-state index in [1.54, 1.807) is 6.07 Å². The molecule has 1 aromatic rings. The highest BCUT2D eigenvalue weighted by Crippen LogP contribution is 2.29. The highest BCUT2D eigenvalue weighted by Gasteiger charge is 2.22. The maximum atomic E-state index is 12.6. The van der Waals surface area contributed by atoms with Crippen molar-refractivity contribution < 1.29 is 8.42 Å². The molecule has 0 amide bonds. The molecule has 0 aliphatic heterocycles. The number of benzene rings is 1. The van der Waals surface area contributed by atoms with Crippen molar-refractivity contribution in [3.05, 3.63) is 23.3 Å². The molecule has 4 nitrogen and oxygen atoms in total. The molecule has 0 unspecified atom stereocenters. The van der Waals surface area contributed by atoms with Crippen molar-refractivity contribution in [2.75, 3.05) is 12.3 Å². The lowest BCUT2D eigenvalue weighted by molar-refractivity contribution is 0.297. The molecule has 1 aliphatic carbocycles. The SMILES string of the molecule is CCc1cc(N)c(CC)c(S(=O)(=O)NCCC2CCC2)c1. The summed E-state index contributed by atoms with van der Waals surface area (Å²) in [4.78, 5) is 0.357. The molecule has 0 atom stereocenters. The lowest BCUT2D eigenvalue weighted by atomic mass is 9.83. The van der Waals surface area contributed by atoms with Gasteiger partial charge in [0.05, 0.1) is 4.90 Å². The van der Waals surface area contributed by atoms with E-state index in [0.717, 1.165) is 24.0 Å². The normalized spacial score (nSPS) is 15.9. The van der Waals surface area contributed by atoms with Crippen LogP contribution in [0.5, 0.6) is 0 Å². The van der Waals surface area contributed by atoms with E-state index in [0.29, 0.717) is 29.5 Å². The Hall–Kier alpha value is -1.07. The Bertz CT molecular complexity index is 593. The summed E-state index contributed by atoms with van der Waals surface area (Å²) in [6.07, 6.45) is 6.09. The minimum atomic E-state index is -3.47. The maximum Gasteiger partial charge on any atom is 0.240 e. The molecule has 1 aliphatic rings. The van der Waals surface area contributed by atoms with Gasteiger partial charge in [-0.3, -0.25) is 0 Å². The van der Waals surface area contributed by atoms with Crippen LogP contribution in [0.25, 0.3) is 0 Å². The van der Waals surface area contributed by atoms with Crippen molar-refractivity contribution in [2.24, 2.45) is 5.92 Å². The van der Waals surface area contributed by atoms with Crippen LogP contribution >= 0.6 is 0 Å². The van der Waals surface area contributed by atoms with Crippen LogP contribution in [0, 0.1) is 5.92 Å². The Morgan fingerprint density at radius 3 is 2.48 bits per heavy atom. The minimum Gasteiger partial charge on any atom is -0.398 e. The molecule has 3 N–H and O–H groups in total. The number of sulfonamides is 1. The smallest absolute Gasteiger partial charge is 0.240 e. The number of aryl methyl sites for hydroxylation is 1. The lowest BCUT2D eigenvalue weighted by Crippen LogP contribution is -2.28. The summed E-state index contributed by atoms with van der Waals surface area (Å²) in [5, 5.41) is 0. The summed E-state index contributed by atoms with van der Waals surface area (Å²) in [7, 11) is -3.47. The summed E-state index contributed by atoms with van der Waals surface area (Å²) < 4.78 is 27.9. The van der Waals surface area contributed by atoms with Crippen LogP contribution in [0.2, 0.25) is 0 Å².